The maximum atomic E-state index is 5.70. The Morgan fingerprint density at radius 2 is 2.23 bits per heavy atom. The second-order valence-corrected chi connectivity index (χ2v) is 2.88. The maximum Gasteiger partial charge on any atom is 0.234 e. The van der Waals surface area contributed by atoms with E-state index in [-0.39, 0.29) is 0 Å². The van der Waals surface area contributed by atoms with Gasteiger partial charge in [-0.05, 0) is 36.7 Å². The fraction of sp³-hybridized carbons (Fsp3) is 0.200. The van der Waals surface area contributed by atoms with Gasteiger partial charge in [0.05, 0.1) is 6.61 Å². The fourth-order valence-electron chi connectivity index (χ4n) is 1.39. The lowest BCUT2D eigenvalue weighted by atomic mass is 10.2. The first-order valence-electron chi connectivity index (χ1n) is 4.30. The predicted octanol–water partition coefficient (Wildman–Crippen LogP) is 1.97. The van der Waals surface area contributed by atoms with Crippen LogP contribution in [0.3, 0.4) is 0 Å². The molecule has 0 bridgehead atoms. The molecule has 0 aliphatic rings. The molecule has 0 N–H and O–H groups in total. The summed E-state index contributed by atoms with van der Waals surface area (Å²) < 4.78 is 6.96. The van der Waals surface area contributed by atoms with Gasteiger partial charge in [0, 0.05) is 11.6 Å². The normalized spacial score (nSPS) is 10.5. The molecule has 64 valence electrons. The molecule has 0 atom stereocenters. The van der Waals surface area contributed by atoms with Crippen LogP contribution in [0.5, 0.6) is 5.75 Å². The lowest BCUT2D eigenvalue weighted by Gasteiger charge is -2.03. The summed E-state index contributed by atoms with van der Waals surface area (Å²) in [4.78, 5) is 0. The molecule has 0 saturated heterocycles. The number of ether oxygens (including phenoxy) is 1. The highest BCUT2D eigenvalue weighted by atomic mass is 16.5. The number of aromatic nitrogens is 1. The monoisotopic (exact) mass is 171 g/mol. The summed E-state index contributed by atoms with van der Waals surface area (Å²) in [6, 6.07) is 7.87. The van der Waals surface area contributed by atoms with E-state index in [0.29, 0.717) is 6.61 Å². The summed E-state index contributed by atoms with van der Waals surface area (Å²) in [7, 11) is 5.70. The van der Waals surface area contributed by atoms with Crippen LogP contribution in [0.15, 0.2) is 30.5 Å². The standard InChI is InChI=1S/C10H10BNO/c1-2-13-9-4-3-8-5-6-12(11)10(8)7-9/h3-7H,2H2,1H3. The molecule has 0 aliphatic heterocycles. The number of benzene rings is 1. The SMILES string of the molecule is [B]n1ccc2ccc(OCC)cc21. The van der Waals surface area contributed by atoms with Gasteiger partial charge in [-0.2, -0.15) is 0 Å². The summed E-state index contributed by atoms with van der Waals surface area (Å²) in [5.74, 6) is 0.861. The molecule has 2 aromatic rings. The number of hydrogen-bond donors (Lipinski definition) is 0. The van der Waals surface area contributed by atoms with Crippen molar-refractivity contribution in [1.82, 2.24) is 4.48 Å². The zero-order chi connectivity index (χ0) is 9.26. The first-order valence-corrected chi connectivity index (χ1v) is 4.30. The Balaban J connectivity index is 2.53. The van der Waals surface area contributed by atoms with Crippen molar-refractivity contribution in [2.24, 2.45) is 0 Å². The fourth-order valence-corrected chi connectivity index (χ4v) is 1.39. The first kappa shape index (κ1) is 8.23. The van der Waals surface area contributed by atoms with Crippen molar-refractivity contribution in [1.29, 1.82) is 0 Å². The minimum atomic E-state index is 0.677. The quantitative estimate of drug-likeness (QED) is 0.630. The Morgan fingerprint density at radius 1 is 1.38 bits per heavy atom. The summed E-state index contributed by atoms with van der Waals surface area (Å²) in [5, 5.41) is 1.13. The molecule has 2 rings (SSSR count). The van der Waals surface area contributed by atoms with E-state index in [9.17, 15) is 0 Å². The highest BCUT2D eigenvalue weighted by molar-refractivity contribution is 6.11. The van der Waals surface area contributed by atoms with Crippen molar-refractivity contribution in [2.45, 2.75) is 6.92 Å². The number of nitrogens with zero attached hydrogens (tertiary/aromatic N) is 1. The molecule has 1 aromatic heterocycles. The van der Waals surface area contributed by atoms with Crippen molar-refractivity contribution >= 4 is 18.9 Å². The van der Waals surface area contributed by atoms with E-state index in [1.165, 1.54) is 0 Å². The van der Waals surface area contributed by atoms with Gasteiger partial charge in [0.25, 0.3) is 0 Å². The lowest BCUT2D eigenvalue weighted by Crippen LogP contribution is -1.92. The van der Waals surface area contributed by atoms with Gasteiger partial charge in [-0.25, -0.2) is 0 Å². The van der Waals surface area contributed by atoms with Gasteiger partial charge < -0.3 is 9.21 Å². The molecule has 1 aromatic carbocycles. The number of fused-ring (bicyclic) bond motifs is 1. The Kier molecular flexibility index (Phi) is 2.01. The Hall–Kier alpha value is -1.38. The molecule has 1 heterocycles. The second kappa shape index (κ2) is 3.17. The van der Waals surface area contributed by atoms with Gasteiger partial charge in [0.2, 0.25) is 7.98 Å². The molecular formula is C10H10BNO. The molecular weight excluding hydrogens is 161 g/mol. The molecule has 13 heavy (non-hydrogen) atoms. The van der Waals surface area contributed by atoms with Crippen molar-refractivity contribution in [2.75, 3.05) is 6.61 Å². The van der Waals surface area contributed by atoms with Crippen LogP contribution in [-0.4, -0.2) is 19.1 Å². The van der Waals surface area contributed by atoms with Crippen LogP contribution in [0.25, 0.3) is 10.9 Å². The van der Waals surface area contributed by atoms with E-state index < -0.39 is 0 Å². The third-order valence-electron chi connectivity index (χ3n) is 2.01. The molecule has 0 spiro atoms. The first-order chi connectivity index (χ1) is 6.31. The third-order valence-corrected chi connectivity index (χ3v) is 2.01. The van der Waals surface area contributed by atoms with Gasteiger partial charge in [-0.15, -0.1) is 0 Å². The van der Waals surface area contributed by atoms with E-state index >= 15 is 0 Å². The molecule has 3 heteroatoms. The van der Waals surface area contributed by atoms with Gasteiger partial charge in [0.15, 0.2) is 0 Å². The van der Waals surface area contributed by atoms with E-state index in [1.54, 1.807) is 4.48 Å². The molecule has 0 aliphatic carbocycles. The molecule has 0 unspecified atom stereocenters. The van der Waals surface area contributed by atoms with Crippen molar-refractivity contribution in [3.8, 4) is 5.75 Å². The topological polar surface area (TPSA) is 14.2 Å². The van der Waals surface area contributed by atoms with E-state index in [0.717, 1.165) is 16.7 Å². The van der Waals surface area contributed by atoms with E-state index in [1.807, 2.05) is 37.4 Å². The Morgan fingerprint density at radius 3 is 3.00 bits per heavy atom. The van der Waals surface area contributed by atoms with Crippen LogP contribution < -0.4 is 4.74 Å². The minimum absolute atomic E-state index is 0.677. The van der Waals surface area contributed by atoms with Gasteiger partial charge >= 0.3 is 0 Å². The Bertz CT molecular complexity index is 422. The molecule has 0 amide bonds. The third kappa shape index (κ3) is 1.42. The van der Waals surface area contributed by atoms with E-state index in [4.69, 9.17) is 12.7 Å². The largest absolute Gasteiger partial charge is 0.494 e. The summed E-state index contributed by atoms with van der Waals surface area (Å²) in [5.41, 5.74) is 0.992. The second-order valence-electron chi connectivity index (χ2n) is 2.88. The van der Waals surface area contributed by atoms with Crippen molar-refractivity contribution in [3.05, 3.63) is 30.5 Å². The molecule has 0 saturated carbocycles. The Labute approximate surface area is 78.6 Å². The average Bonchev–Trinajstić information content (AvgIpc) is 2.49. The highest BCUT2D eigenvalue weighted by Crippen LogP contribution is 2.20. The average molecular weight is 171 g/mol. The maximum absolute atomic E-state index is 5.70. The number of rotatable bonds is 2. The van der Waals surface area contributed by atoms with Crippen LogP contribution in [0.2, 0.25) is 0 Å². The molecule has 2 radical (unpaired) electrons. The lowest BCUT2D eigenvalue weighted by molar-refractivity contribution is 0.340. The van der Waals surface area contributed by atoms with Crippen LogP contribution in [0.4, 0.5) is 0 Å². The van der Waals surface area contributed by atoms with Crippen LogP contribution in [0, 0.1) is 0 Å². The van der Waals surface area contributed by atoms with Crippen LogP contribution >= 0.6 is 0 Å². The smallest absolute Gasteiger partial charge is 0.234 e. The predicted molar refractivity (Wildman–Crippen MR) is 54.3 cm³/mol. The number of hydrogen-bond acceptors (Lipinski definition) is 1. The van der Waals surface area contributed by atoms with Crippen molar-refractivity contribution in [3.63, 3.8) is 0 Å². The summed E-state index contributed by atoms with van der Waals surface area (Å²) in [6.45, 7) is 2.64. The van der Waals surface area contributed by atoms with Crippen LogP contribution in [-0.2, 0) is 0 Å². The van der Waals surface area contributed by atoms with Crippen LogP contribution in [0.1, 0.15) is 6.92 Å². The minimum Gasteiger partial charge on any atom is -0.494 e. The van der Waals surface area contributed by atoms with Gasteiger partial charge in [-0.1, -0.05) is 0 Å². The van der Waals surface area contributed by atoms with Gasteiger partial charge in [0.1, 0.15) is 5.75 Å². The van der Waals surface area contributed by atoms with Crippen molar-refractivity contribution < 1.29 is 4.74 Å². The molecule has 0 fully saturated rings. The summed E-state index contributed by atoms with van der Waals surface area (Å²) >= 11 is 0. The highest BCUT2D eigenvalue weighted by Gasteiger charge is 1.98. The molecule has 2 nitrogen and oxygen atoms in total. The summed E-state index contributed by atoms with van der Waals surface area (Å²) in [6.07, 6.45) is 1.83. The van der Waals surface area contributed by atoms with E-state index in [2.05, 4.69) is 0 Å². The zero-order valence-electron chi connectivity index (χ0n) is 7.53. The zero-order valence-corrected chi connectivity index (χ0v) is 7.53. The van der Waals surface area contributed by atoms with Gasteiger partial charge in [-0.3, -0.25) is 0 Å².